The van der Waals surface area contributed by atoms with Gasteiger partial charge in [0.2, 0.25) is 0 Å². The van der Waals surface area contributed by atoms with E-state index in [4.69, 9.17) is 10.8 Å². The van der Waals surface area contributed by atoms with Gasteiger partial charge in [-0.15, -0.1) is 11.3 Å². The number of nitrogens with two attached hydrogens (primary N) is 1. The highest BCUT2D eigenvalue weighted by atomic mass is 32.2. The van der Waals surface area contributed by atoms with E-state index in [1.165, 1.54) is 29.2 Å². The van der Waals surface area contributed by atoms with Crippen molar-refractivity contribution in [1.29, 1.82) is 0 Å². The molecule has 0 aliphatic heterocycles. The van der Waals surface area contributed by atoms with E-state index in [0.29, 0.717) is 10.9 Å². The minimum absolute atomic E-state index is 0.188. The summed E-state index contributed by atoms with van der Waals surface area (Å²) in [7, 11) is 0. The Morgan fingerprint density at radius 3 is 3.05 bits per heavy atom. The Kier molecular flexibility index (Phi) is 4.59. The second-order valence-electron chi connectivity index (χ2n) is 3.74. The van der Waals surface area contributed by atoms with Gasteiger partial charge in [-0.05, 0) is 18.2 Å². The highest BCUT2D eigenvalue weighted by molar-refractivity contribution is 7.98. The van der Waals surface area contributed by atoms with Crippen LogP contribution in [0.1, 0.15) is 9.75 Å². The second kappa shape index (κ2) is 6.40. The molecule has 0 aliphatic carbocycles. The fourth-order valence-electron chi connectivity index (χ4n) is 1.38. The largest absolute Gasteiger partial charge is 0.478 e. The van der Waals surface area contributed by atoms with Crippen LogP contribution >= 0.6 is 23.1 Å². The molecule has 2 aromatic rings. The van der Waals surface area contributed by atoms with Gasteiger partial charge in [-0.3, -0.25) is 4.79 Å². The molecule has 0 saturated carbocycles. The topological polar surface area (TPSA) is 109 Å². The van der Waals surface area contributed by atoms with Crippen LogP contribution in [0.3, 0.4) is 0 Å². The maximum absolute atomic E-state index is 11.2. The highest BCUT2D eigenvalue weighted by Crippen LogP contribution is 2.25. The number of carbonyl (C=O) groups is 1. The van der Waals surface area contributed by atoms with Crippen LogP contribution in [0.4, 0.5) is 5.82 Å². The number of carboxylic acids is 1. The Balaban J connectivity index is 2.00. The van der Waals surface area contributed by atoms with E-state index in [1.54, 1.807) is 6.08 Å². The number of thiophene rings is 1. The third kappa shape index (κ3) is 4.25. The van der Waals surface area contributed by atoms with E-state index in [2.05, 4.69) is 9.97 Å². The highest BCUT2D eigenvalue weighted by Gasteiger charge is 2.03. The molecule has 104 valence electrons. The average Bonchev–Trinajstić information content (AvgIpc) is 2.81. The number of nitrogens with zero attached hydrogens (tertiary/aromatic N) is 1. The molecule has 2 heterocycles. The maximum Gasteiger partial charge on any atom is 0.328 e. The van der Waals surface area contributed by atoms with Gasteiger partial charge in [-0.1, -0.05) is 11.8 Å². The lowest BCUT2D eigenvalue weighted by Gasteiger charge is -1.99. The predicted molar refractivity (Wildman–Crippen MR) is 79.8 cm³/mol. The van der Waals surface area contributed by atoms with Gasteiger partial charge in [0.1, 0.15) is 5.82 Å². The summed E-state index contributed by atoms with van der Waals surface area (Å²) in [6, 6.07) is 4.98. The van der Waals surface area contributed by atoms with Crippen LogP contribution in [0.5, 0.6) is 0 Å². The number of hydrogen-bond donors (Lipinski definition) is 3. The normalized spacial score (nSPS) is 11.0. The predicted octanol–water partition coefficient (Wildman–Crippen LogP) is 1.80. The van der Waals surface area contributed by atoms with Crippen LogP contribution < -0.4 is 11.3 Å². The fraction of sp³-hybridized carbons (Fsp3) is 0.0833. The summed E-state index contributed by atoms with van der Waals surface area (Å²) >= 11 is 2.84. The summed E-state index contributed by atoms with van der Waals surface area (Å²) in [6.07, 6.45) is 2.64. The van der Waals surface area contributed by atoms with E-state index < -0.39 is 5.97 Å². The Bertz CT molecular complexity index is 706. The smallest absolute Gasteiger partial charge is 0.328 e. The quantitative estimate of drug-likeness (QED) is 0.441. The summed E-state index contributed by atoms with van der Waals surface area (Å²) in [5.74, 6) is -0.166. The zero-order chi connectivity index (χ0) is 14.5. The van der Waals surface area contributed by atoms with Crippen LogP contribution in [0.2, 0.25) is 0 Å². The Hall–Kier alpha value is -2.06. The van der Waals surface area contributed by atoms with E-state index in [9.17, 15) is 9.59 Å². The van der Waals surface area contributed by atoms with E-state index in [0.717, 1.165) is 15.8 Å². The molecule has 4 N–H and O–H groups in total. The number of thioether (sulfide) groups is 1. The Morgan fingerprint density at radius 2 is 2.35 bits per heavy atom. The molecule has 20 heavy (non-hydrogen) atoms. The molecule has 0 aromatic carbocycles. The lowest BCUT2D eigenvalue weighted by atomic mass is 10.4. The number of aliphatic carboxylic acids is 1. The summed E-state index contributed by atoms with van der Waals surface area (Å²) in [5.41, 5.74) is 5.21. The minimum atomic E-state index is -0.976. The summed E-state index contributed by atoms with van der Waals surface area (Å²) in [5, 5.41) is 9.01. The van der Waals surface area contributed by atoms with Crippen molar-refractivity contribution in [2.24, 2.45) is 0 Å². The summed E-state index contributed by atoms with van der Waals surface area (Å²) in [6.45, 7) is 0. The molecular formula is C12H11N3O3S2. The molecule has 0 unspecified atom stereocenters. The van der Waals surface area contributed by atoms with Crippen molar-refractivity contribution in [3.05, 3.63) is 44.4 Å². The maximum atomic E-state index is 11.2. The molecule has 0 amide bonds. The van der Waals surface area contributed by atoms with Crippen molar-refractivity contribution < 1.29 is 9.90 Å². The second-order valence-corrected chi connectivity index (χ2v) is 5.90. The number of anilines is 1. The van der Waals surface area contributed by atoms with Gasteiger partial charge in [0.15, 0.2) is 5.16 Å². The first-order chi connectivity index (χ1) is 9.52. The standard InChI is InChI=1S/C12H11N3O3S2/c13-9-5-10(16)15-12(14-9)19-6-8-2-1-7(20-8)3-4-11(17)18/h1-5H,6H2,(H,17,18)(H3,13,14,15,16). The first kappa shape index (κ1) is 14.4. The van der Waals surface area contributed by atoms with Crippen molar-refractivity contribution in [2.45, 2.75) is 10.9 Å². The average molecular weight is 309 g/mol. The molecule has 6 nitrogen and oxygen atoms in total. The van der Waals surface area contributed by atoms with Crippen LogP contribution in [-0.4, -0.2) is 21.0 Å². The van der Waals surface area contributed by atoms with Crippen LogP contribution in [0, 0.1) is 0 Å². The fourth-order valence-corrected chi connectivity index (χ4v) is 3.22. The third-order valence-corrected chi connectivity index (χ3v) is 4.32. The molecule has 2 rings (SSSR count). The van der Waals surface area contributed by atoms with Crippen molar-refractivity contribution in [2.75, 3.05) is 5.73 Å². The minimum Gasteiger partial charge on any atom is -0.478 e. The molecule has 0 fully saturated rings. The number of aromatic nitrogens is 2. The number of H-pyrrole nitrogens is 1. The SMILES string of the molecule is Nc1cc(=O)[nH]c(SCc2ccc(C=CC(=O)O)s2)n1. The first-order valence-corrected chi connectivity index (χ1v) is 7.32. The van der Waals surface area contributed by atoms with Gasteiger partial charge in [0, 0.05) is 27.6 Å². The third-order valence-electron chi connectivity index (χ3n) is 2.16. The van der Waals surface area contributed by atoms with Gasteiger partial charge in [-0.2, -0.15) is 0 Å². The van der Waals surface area contributed by atoms with Crippen LogP contribution in [0.25, 0.3) is 6.08 Å². The van der Waals surface area contributed by atoms with Crippen molar-refractivity contribution >= 4 is 41.0 Å². The summed E-state index contributed by atoms with van der Waals surface area (Å²) in [4.78, 5) is 30.2. The first-order valence-electron chi connectivity index (χ1n) is 5.52. The lowest BCUT2D eigenvalue weighted by Crippen LogP contribution is -2.09. The molecule has 2 aromatic heterocycles. The van der Waals surface area contributed by atoms with Crippen LogP contribution in [0.15, 0.2) is 34.2 Å². The lowest BCUT2D eigenvalue weighted by molar-refractivity contribution is -0.131. The molecule has 0 aliphatic rings. The van der Waals surface area contributed by atoms with Crippen molar-refractivity contribution in [3.63, 3.8) is 0 Å². The van der Waals surface area contributed by atoms with E-state index in [1.807, 2.05) is 12.1 Å². The van der Waals surface area contributed by atoms with E-state index in [-0.39, 0.29) is 11.4 Å². The molecule has 0 radical (unpaired) electrons. The molecular weight excluding hydrogens is 298 g/mol. The monoisotopic (exact) mass is 309 g/mol. The molecule has 8 heteroatoms. The van der Waals surface area contributed by atoms with E-state index >= 15 is 0 Å². The number of carboxylic acid groups (broad SMARTS) is 1. The van der Waals surface area contributed by atoms with Gasteiger partial charge in [-0.25, -0.2) is 9.78 Å². The Labute approximate surface area is 122 Å². The zero-order valence-electron chi connectivity index (χ0n) is 10.2. The number of nitrogen functional groups attached to an aromatic ring is 1. The molecule has 0 atom stereocenters. The van der Waals surface area contributed by atoms with Gasteiger partial charge < -0.3 is 15.8 Å². The molecule has 0 saturated heterocycles. The van der Waals surface area contributed by atoms with Crippen molar-refractivity contribution in [1.82, 2.24) is 9.97 Å². The summed E-state index contributed by atoms with van der Waals surface area (Å²) < 4.78 is 0. The zero-order valence-corrected chi connectivity index (χ0v) is 11.8. The number of hydrogen-bond acceptors (Lipinski definition) is 6. The number of rotatable bonds is 5. The number of nitrogens with one attached hydrogen (secondary N) is 1. The Morgan fingerprint density at radius 1 is 1.55 bits per heavy atom. The molecule has 0 spiro atoms. The number of aromatic amines is 1. The van der Waals surface area contributed by atoms with Gasteiger partial charge >= 0.3 is 5.97 Å². The molecule has 0 bridgehead atoms. The van der Waals surface area contributed by atoms with Crippen LogP contribution in [-0.2, 0) is 10.5 Å². The van der Waals surface area contributed by atoms with Crippen molar-refractivity contribution in [3.8, 4) is 0 Å². The van der Waals surface area contributed by atoms with Gasteiger partial charge in [0.05, 0.1) is 0 Å². The van der Waals surface area contributed by atoms with Gasteiger partial charge in [0.25, 0.3) is 5.56 Å².